The van der Waals surface area contributed by atoms with Crippen molar-refractivity contribution in [2.24, 2.45) is 0 Å². The first kappa shape index (κ1) is 16.6. The fourth-order valence-corrected chi connectivity index (χ4v) is 5.34. The summed E-state index contributed by atoms with van der Waals surface area (Å²) in [5, 5.41) is 3.20. The van der Waals surface area contributed by atoms with Gasteiger partial charge in [-0.25, -0.2) is 4.39 Å². The van der Waals surface area contributed by atoms with Crippen LogP contribution < -0.4 is 5.32 Å². The number of fused-ring (bicyclic) bond motifs is 3. The molecule has 0 saturated carbocycles. The highest BCUT2D eigenvalue weighted by Crippen LogP contribution is 2.53. The molecule has 3 aromatic carbocycles. The van der Waals surface area contributed by atoms with Gasteiger partial charge in [0.2, 0.25) is 0 Å². The Balaban J connectivity index is 1.80. The van der Waals surface area contributed by atoms with E-state index in [1.807, 2.05) is 48.5 Å². The fourth-order valence-electron chi connectivity index (χ4n) is 3.65. The summed E-state index contributed by atoms with van der Waals surface area (Å²) >= 11 is 7.83. The average Bonchev–Trinajstić information content (AvgIpc) is 2.84. The first-order chi connectivity index (χ1) is 13.1. The fraction of sp³-hybridized carbons (Fsp3) is 0.0455. The van der Waals surface area contributed by atoms with Crippen LogP contribution in [0.15, 0.2) is 77.2 Å². The summed E-state index contributed by atoms with van der Waals surface area (Å²) in [7, 11) is 0. The molecule has 5 rings (SSSR count). The van der Waals surface area contributed by atoms with E-state index in [1.54, 1.807) is 12.1 Å². The predicted octanol–water partition coefficient (Wildman–Crippen LogP) is 6.35. The number of Topliss-reactive ketones (excluding diaryl/α,β-unsaturated/α-hetero) is 1. The molecule has 0 fully saturated rings. The van der Waals surface area contributed by atoms with Gasteiger partial charge < -0.3 is 5.32 Å². The predicted molar refractivity (Wildman–Crippen MR) is 108 cm³/mol. The van der Waals surface area contributed by atoms with Crippen molar-refractivity contribution in [3.63, 3.8) is 0 Å². The number of hydrogen-bond donors (Lipinski definition) is 1. The van der Waals surface area contributed by atoms with Crippen LogP contribution in [-0.2, 0) is 0 Å². The lowest BCUT2D eigenvalue weighted by Gasteiger charge is -2.19. The van der Waals surface area contributed by atoms with E-state index in [2.05, 4.69) is 5.32 Å². The quantitative estimate of drug-likeness (QED) is 0.522. The molecule has 3 aromatic rings. The van der Waals surface area contributed by atoms with Gasteiger partial charge in [-0.05, 0) is 24.3 Å². The lowest BCUT2D eigenvalue weighted by Crippen LogP contribution is -2.09. The number of hydrogen-bond acceptors (Lipinski definition) is 3. The molecule has 2 nitrogen and oxygen atoms in total. The van der Waals surface area contributed by atoms with Crippen molar-refractivity contribution < 1.29 is 9.18 Å². The van der Waals surface area contributed by atoms with Crippen molar-refractivity contribution in [1.82, 2.24) is 0 Å². The zero-order chi connectivity index (χ0) is 18.5. The van der Waals surface area contributed by atoms with Gasteiger partial charge in [-0.15, -0.1) is 11.8 Å². The molecule has 0 bridgehead atoms. The SMILES string of the molecule is O=C1C2=C(Nc3ccccc3S[C@@H]2c2c(F)cccc2Cl)c2ccccc21. The maximum Gasteiger partial charge on any atom is 0.193 e. The molecule has 27 heavy (non-hydrogen) atoms. The first-order valence-corrected chi connectivity index (χ1v) is 9.76. The lowest BCUT2D eigenvalue weighted by molar-refractivity contribution is 0.103. The van der Waals surface area contributed by atoms with Crippen LogP contribution >= 0.6 is 23.4 Å². The zero-order valence-corrected chi connectivity index (χ0v) is 15.6. The second-order valence-corrected chi connectivity index (χ2v) is 7.97. The monoisotopic (exact) mass is 393 g/mol. The zero-order valence-electron chi connectivity index (χ0n) is 14.0. The molecule has 0 radical (unpaired) electrons. The molecule has 0 spiro atoms. The van der Waals surface area contributed by atoms with Gasteiger partial charge in [0.25, 0.3) is 0 Å². The molecule has 1 atom stereocenters. The van der Waals surface area contributed by atoms with E-state index in [0.29, 0.717) is 21.7 Å². The molecule has 0 aromatic heterocycles. The third-order valence-corrected chi connectivity index (χ3v) is 6.52. The van der Waals surface area contributed by atoms with Crippen LogP contribution in [0.2, 0.25) is 5.02 Å². The number of para-hydroxylation sites is 1. The Morgan fingerprint density at radius 3 is 2.48 bits per heavy atom. The Morgan fingerprint density at radius 1 is 0.926 bits per heavy atom. The first-order valence-electron chi connectivity index (χ1n) is 8.50. The third-order valence-electron chi connectivity index (χ3n) is 4.87. The molecular weight excluding hydrogens is 381 g/mol. The molecule has 1 N–H and O–H groups in total. The van der Waals surface area contributed by atoms with Gasteiger partial charge in [0, 0.05) is 32.2 Å². The highest BCUT2D eigenvalue weighted by Gasteiger charge is 2.39. The van der Waals surface area contributed by atoms with Crippen molar-refractivity contribution in [2.45, 2.75) is 10.1 Å². The molecule has 1 heterocycles. The number of rotatable bonds is 1. The van der Waals surface area contributed by atoms with E-state index < -0.39 is 11.1 Å². The second kappa shape index (κ2) is 6.25. The van der Waals surface area contributed by atoms with Crippen LogP contribution in [-0.4, -0.2) is 5.78 Å². The Labute approximate surface area is 165 Å². The van der Waals surface area contributed by atoms with E-state index in [-0.39, 0.29) is 5.78 Å². The lowest BCUT2D eigenvalue weighted by atomic mass is 10.00. The highest BCUT2D eigenvalue weighted by molar-refractivity contribution is 8.00. The number of benzene rings is 3. The Morgan fingerprint density at radius 2 is 1.67 bits per heavy atom. The van der Waals surface area contributed by atoms with E-state index in [9.17, 15) is 9.18 Å². The van der Waals surface area contributed by atoms with Gasteiger partial charge in [-0.2, -0.15) is 0 Å². The molecule has 0 saturated heterocycles. The Kier molecular flexibility index (Phi) is 3.85. The van der Waals surface area contributed by atoms with Gasteiger partial charge in [0.15, 0.2) is 5.78 Å². The maximum absolute atomic E-state index is 14.8. The number of anilines is 1. The highest BCUT2D eigenvalue weighted by atomic mass is 35.5. The Bertz CT molecular complexity index is 1120. The minimum absolute atomic E-state index is 0.0854. The number of carbonyl (C=O) groups excluding carboxylic acids is 1. The average molecular weight is 394 g/mol. The van der Waals surface area contributed by atoms with Crippen LogP contribution in [0.1, 0.15) is 26.7 Å². The summed E-state index contributed by atoms with van der Waals surface area (Å²) in [6.07, 6.45) is 0. The van der Waals surface area contributed by atoms with E-state index >= 15 is 0 Å². The van der Waals surface area contributed by atoms with Crippen molar-refractivity contribution in [3.05, 3.63) is 99.8 Å². The molecule has 1 aliphatic carbocycles. The minimum Gasteiger partial charge on any atom is -0.354 e. The minimum atomic E-state index is -0.537. The number of halogens is 2. The maximum atomic E-state index is 14.8. The molecule has 2 aliphatic rings. The van der Waals surface area contributed by atoms with E-state index in [4.69, 9.17) is 11.6 Å². The molecule has 0 amide bonds. The van der Waals surface area contributed by atoms with Crippen molar-refractivity contribution >= 4 is 40.5 Å². The third kappa shape index (κ3) is 2.52. The van der Waals surface area contributed by atoms with Crippen LogP contribution in [0.25, 0.3) is 5.70 Å². The van der Waals surface area contributed by atoms with Gasteiger partial charge in [0.05, 0.1) is 16.6 Å². The molecule has 132 valence electrons. The van der Waals surface area contributed by atoms with Crippen molar-refractivity contribution in [3.8, 4) is 0 Å². The standard InChI is InChI=1S/C22H13ClFNOS/c23-14-8-5-9-15(24)18(14)22-19-20(12-6-1-2-7-13(12)21(19)26)25-16-10-3-4-11-17(16)27-22/h1-11,22,25H/t22-/m1/s1. The summed E-state index contributed by atoms with van der Waals surface area (Å²) in [6, 6.07) is 19.9. The number of thioether (sulfide) groups is 1. The van der Waals surface area contributed by atoms with Crippen LogP contribution in [0, 0.1) is 5.82 Å². The normalized spacial score (nSPS) is 17.7. The second-order valence-electron chi connectivity index (χ2n) is 6.42. The van der Waals surface area contributed by atoms with Crippen LogP contribution in [0.4, 0.5) is 10.1 Å². The topological polar surface area (TPSA) is 29.1 Å². The summed E-state index contributed by atoms with van der Waals surface area (Å²) in [6.45, 7) is 0. The summed E-state index contributed by atoms with van der Waals surface area (Å²) in [5.41, 5.74) is 3.99. The van der Waals surface area contributed by atoms with Crippen molar-refractivity contribution in [1.29, 1.82) is 0 Å². The molecule has 1 aliphatic heterocycles. The number of carbonyl (C=O) groups is 1. The molecule has 0 unspecified atom stereocenters. The Hall–Kier alpha value is -2.56. The summed E-state index contributed by atoms with van der Waals surface area (Å²) in [4.78, 5) is 14.2. The van der Waals surface area contributed by atoms with Gasteiger partial charge in [0.1, 0.15) is 5.82 Å². The largest absolute Gasteiger partial charge is 0.354 e. The molecular formula is C22H13ClFNOS. The van der Waals surface area contributed by atoms with Crippen LogP contribution in [0.5, 0.6) is 0 Å². The number of ketones is 1. The smallest absolute Gasteiger partial charge is 0.193 e. The number of nitrogens with one attached hydrogen (secondary N) is 1. The van der Waals surface area contributed by atoms with Crippen LogP contribution in [0.3, 0.4) is 0 Å². The van der Waals surface area contributed by atoms with Gasteiger partial charge >= 0.3 is 0 Å². The molecule has 5 heteroatoms. The summed E-state index contributed by atoms with van der Waals surface area (Å²) < 4.78 is 14.8. The van der Waals surface area contributed by atoms with Gasteiger partial charge in [-0.1, -0.05) is 54.1 Å². The summed E-state index contributed by atoms with van der Waals surface area (Å²) in [5.74, 6) is -0.493. The van der Waals surface area contributed by atoms with E-state index in [0.717, 1.165) is 21.8 Å². The van der Waals surface area contributed by atoms with Crippen molar-refractivity contribution in [2.75, 3.05) is 5.32 Å². The van der Waals surface area contributed by atoms with E-state index in [1.165, 1.54) is 17.8 Å². The van der Waals surface area contributed by atoms with Gasteiger partial charge in [-0.3, -0.25) is 4.79 Å².